The number of carbonyl (C=O) groups excluding carboxylic acids is 1. The van der Waals surface area contributed by atoms with Crippen LogP contribution in [0, 0.1) is 0 Å². The highest BCUT2D eigenvalue weighted by atomic mass is 16.5. The van der Waals surface area contributed by atoms with Crippen LogP contribution in [0.25, 0.3) is 11.5 Å². The van der Waals surface area contributed by atoms with Crippen LogP contribution in [-0.2, 0) is 0 Å². The third kappa shape index (κ3) is 2.76. The predicted molar refractivity (Wildman–Crippen MR) is 85.0 cm³/mol. The summed E-state index contributed by atoms with van der Waals surface area (Å²) in [5.74, 6) is 0.997. The van der Waals surface area contributed by atoms with Gasteiger partial charge in [0.25, 0.3) is 5.91 Å². The summed E-state index contributed by atoms with van der Waals surface area (Å²) in [6.45, 7) is 1.21. The molecule has 0 aliphatic carbocycles. The Morgan fingerprint density at radius 2 is 1.96 bits per heavy atom. The summed E-state index contributed by atoms with van der Waals surface area (Å²) < 4.78 is 5.38. The number of pyridine rings is 2. The highest BCUT2D eigenvalue weighted by Crippen LogP contribution is 2.28. The van der Waals surface area contributed by atoms with Gasteiger partial charge in [-0.1, -0.05) is 17.3 Å². The fourth-order valence-electron chi connectivity index (χ4n) is 2.80. The Morgan fingerprint density at radius 3 is 2.71 bits per heavy atom. The molecule has 4 heterocycles. The highest BCUT2D eigenvalue weighted by molar-refractivity contribution is 5.92. The molecule has 0 aromatic carbocycles. The zero-order valence-electron chi connectivity index (χ0n) is 12.9. The van der Waals surface area contributed by atoms with Gasteiger partial charge in [-0.3, -0.25) is 14.8 Å². The van der Waals surface area contributed by atoms with Crippen LogP contribution in [0.15, 0.2) is 53.3 Å². The van der Waals surface area contributed by atoms with E-state index in [0.29, 0.717) is 36.2 Å². The maximum absolute atomic E-state index is 12.4. The number of carbonyl (C=O) groups is 1. The van der Waals surface area contributed by atoms with Crippen molar-refractivity contribution in [2.45, 2.75) is 12.3 Å². The van der Waals surface area contributed by atoms with Gasteiger partial charge < -0.3 is 9.42 Å². The molecule has 0 spiro atoms. The fourth-order valence-corrected chi connectivity index (χ4v) is 2.80. The lowest BCUT2D eigenvalue weighted by atomic mass is 10.1. The molecule has 1 amide bonds. The van der Waals surface area contributed by atoms with Gasteiger partial charge in [-0.05, 0) is 30.7 Å². The van der Waals surface area contributed by atoms with Gasteiger partial charge in [0.1, 0.15) is 11.4 Å². The van der Waals surface area contributed by atoms with Gasteiger partial charge in [-0.2, -0.15) is 4.98 Å². The normalized spacial score (nSPS) is 17.2. The van der Waals surface area contributed by atoms with Gasteiger partial charge in [0.05, 0.1) is 5.92 Å². The molecule has 24 heavy (non-hydrogen) atoms. The third-order valence-corrected chi connectivity index (χ3v) is 4.04. The standard InChI is InChI=1S/C17H15N5O2/c23-17(14-6-2-4-9-19-14)22-10-7-12(11-22)16-20-15(21-24-16)13-5-1-3-8-18-13/h1-6,8-9,12H,7,10-11H2/t12-/m1/s1. The Labute approximate surface area is 138 Å². The molecule has 1 aliphatic heterocycles. The van der Waals surface area contributed by atoms with E-state index >= 15 is 0 Å². The van der Waals surface area contributed by atoms with Crippen molar-refractivity contribution in [3.63, 3.8) is 0 Å². The van der Waals surface area contributed by atoms with Gasteiger partial charge in [-0.25, -0.2) is 0 Å². The second-order valence-electron chi connectivity index (χ2n) is 5.62. The molecule has 1 aliphatic rings. The van der Waals surface area contributed by atoms with E-state index in [4.69, 9.17) is 4.52 Å². The number of hydrogen-bond acceptors (Lipinski definition) is 6. The zero-order valence-corrected chi connectivity index (χ0v) is 12.9. The van der Waals surface area contributed by atoms with Crippen molar-refractivity contribution in [3.05, 3.63) is 60.4 Å². The molecule has 3 aromatic rings. The minimum absolute atomic E-state index is 0.0441. The van der Waals surface area contributed by atoms with Crippen LogP contribution in [-0.4, -0.2) is 44.0 Å². The van der Waals surface area contributed by atoms with Crippen LogP contribution >= 0.6 is 0 Å². The Kier molecular flexibility index (Phi) is 3.74. The lowest BCUT2D eigenvalue weighted by Gasteiger charge is -2.14. The zero-order chi connectivity index (χ0) is 16.4. The van der Waals surface area contributed by atoms with E-state index in [1.807, 2.05) is 24.3 Å². The smallest absolute Gasteiger partial charge is 0.272 e. The summed E-state index contributed by atoms with van der Waals surface area (Å²) in [6, 6.07) is 10.9. The van der Waals surface area contributed by atoms with Crippen LogP contribution in [0.5, 0.6) is 0 Å². The Bertz CT molecular complexity index is 834. The van der Waals surface area contributed by atoms with Crippen molar-refractivity contribution in [1.29, 1.82) is 0 Å². The van der Waals surface area contributed by atoms with E-state index in [1.165, 1.54) is 0 Å². The second kappa shape index (κ2) is 6.19. The van der Waals surface area contributed by atoms with Crippen LogP contribution in [0.2, 0.25) is 0 Å². The molecule has 4 rings (SSSR count). The van der Waals surface area contributed by atoms with Gasteiger partial charge >= 0.3 is 0 Å². The number of rotatable bonds is 3. The summed E-state index contributed by atoms with van der Waals surface area (Å²) in [5.41, 5.74) is 1.13. The van der Waals surface area contributed by atoms with Crippen molar-refractivity contribution in [2.24, 2.45) is 0 Å². The maximum atomic E-state index is 12.4. The Hall–Kier alpha value is -3.09. The molecule has 0 unspecified atom stereocenters. The Balaban J connectivity index is 1.48. The first-order chi connectivity index (χ1) is 11.8. The predicted octanol–water partition coefficient (Wildman–Crippen LogP) is 2.16. The minimum atomic E-state index is -0.0671. The molecule has 0 bridgehead atoms. The molecule has 1 fully saturated rings. The average Bonchev–Trinajstić information content (AvgIpc) is 3.32. The highest BCUT2D eigenvalue weighted by Gasteiger charge is 2.32. The van der Waals surface area contributed by atoms with E-state index in [2.05, 4.69) is 20.1 Å². The van der Waals surface area contributed by atoms with Crippen LogP contribution in [0.3, 0.4) is 0 Å². The molecular weight excluding hydrogens is 306 g/mol. The van der Waals surface area contributed by atoms with Crippen molar-refractivity contribution in [1.82, 2.24) is 25.0 Å². The summed E-state index contributed by atoms with van der Waals surface area (Å²) in [5, 5.41) is 3.99. The van der Waals surface area contributed by atoms with Gasteiger partial charge in [0.2, 0.25) is 11.7 Å². The van der Waals surface area contributed by atoms with Crippen molar-refractivity contribution >= 4 is 5.91 Å². The molecular formula is C17H15N5O2. The number of nitrogens with zero attached hydrogens (tertiary/aromatic N) is 5. The molecule has 3 aromatic heterocycles. The first-order valence-electron chi connectivity index (χ1n) is 7.76. The lowest BCUT2D eigenvalue weighted by Crippen LogP contribution is -2.29. The second-order valence-corrected chi connectivity index (χ2v) is 5.62. The molecule has 0 radical (unpaired) electrons. The number of likely N-dealkylation sites (tertiary alicyclic amines) is 1. The van der Waals surface area contributed by atoms with E-state index in [0.717, 1.165) is 6.42 Å². The summed E-state index contributed by atoms with van der Waals surface area (Å²) in [4.78, 5) is 27.0. The first-order valence-corrected chi connectivity index (χ1v) is 7.76. The minimum Gasteiger partial charge on any atom is -0.339 e. The number of amides is 1. The maximum Gasteiger partial charge on any atom is 0.272 e. The summed E-state index contributed by atoms with van der Waals surface area (Å²) in [6.07, 6.45) is 4.11. The summed E-state index contributed by atoms with van der Waals surface area (Å²) in [7, 11) is 0. The topological polar surface area (TPSA) is 85.0 Å². The van der Waals surface area contributed by atoms with Crippen LogP contribution in [0.4, 0.5) is 0 Å². The third-order valence-electron chi connectivity index (χ3n) is 4.04. The molecule has 0 N–H and O–H groups in total. The number of aromatic nitrogens is 4. The van der Waals surface area contributed by atoms with Crippen molar-refractivity contribution < 1.29 is 9.32 Å². The van der Waals surface area contributed by atoms with Crippen LogP contribution < -0.4 is 0 Å². The van der Waals surface area contributed by atoms with Crippen molar-refractivity contribution in [2.75, 3.05) is 13.1 Å². The summed E-state index contributed by atoms with van der Waals surface area (Å²) >= 11 is 0. The van der Waals surface area contributed by atoms with E-state index in [-0.39, 0.29) is 11.8 Å². The Morgan fingerprint density at radius 1 is 1.12 bits per heavy atom. The average molecular weight is 321 g/mol. The largest absolute Gasteiger partial charge is 0.339 e. The monoisotopic (exact) mass is 321 g/mol. The molecule has 1 atom stereocenters. The number of hydrogen-bond donors (Lipinski definition) is 0. The SMILES string of the molecule is O=C(c1ccccn1)N1CC[C@@H](c2nc(-c3ccccn3)no2)C1. The molecule has 7 nitrogen and oxygen atoms in total. The molecule has 7 heteroatoms. The van der Waals surface area contributed by atoms with E-state index < -0.39 is 0 Å². The quantitative estimate of drug-likeness (QED) is 0.735. The molecule has 0 saturated carbocycles. The molecule has 120 valence electrons. The van der Waals surface area contributed by atoms with E-state index in [9.17, 15) is 4.79 Å². The molecule has 1 saturated heterocycles. The van der Waals surface area contributed by atoms with Crippen molar-refractivity contribution in [3.8, 4) is 11.5 Å². The van der Waals surface area contributed by atoms with E-state index in [1.54, 1.807) is 29.4 Å². The van der Waals surface area contributed by atoms with Gasteiger partial charge in [0.15, 0.2) is 0 Å². The lowest BCUT2D eigenvalue weighted by molar-refractivity contribution is 0.0784. The van der Waals surface area contributed by atoms with Crippen LogP contribution in [0.1, 0.15) is 28.7 Å². The first kappa shape index (κ1) is 14.5. The van der Waals surface area contributed by atoms with Gasteiger partial charge in [-0.15, -0.1) is 0 Å². The van der Waals surface area contributed by atoms with Gasteiger partial charge in [0, 0.05) is 25.5 Å². The fraction of sp³-hybridized carbons (Fsp3) is 0.235.